The van der Waals surface area contributed by atoms with Crippen LogP contribution in [0.15, 0.2) is 0 Å². The molecular formula is C12H19NO2. The molecule has 1 fully saturated rings. The average Bonchev–Trinajstić information content (AvgIpc) is 2.21. The molecule has 1 saturated carbocycles. The van der Waals surface area contributed by atoms with E-state index in [1.54, 1.807) is 0 Å². The molecule has 3 nitrogen and oxygen atoms in total. The third-order valence-corrected chi connectivity index (χ3v) is 2.99. The molecule has 3 heteroatoms. The second kappa shape index (κ2) is 5.27. The number of hydrogen-bond acceptors (Lipinski definition) is 3. The predicted octanol–water partition coefficient (Wildman–Crippen LogP) is 2.45. The molecule has 84 valence electrons. The van der Waals surface area contributed by atoms with Crippen LogP contribution in [-0.2, 0) is 9.53 Å². The van der Waals surface area contributed by atoms with Gasteiger partial charge in [-0.15, -0.1) is 0 Å². The van der Waals surface area contributed by atoms with Gasteiger partial charge in [-0.2, -0.15) is 5.26 Å². The maximum Gasteiger partial charge on any atom is 0.153 e. The minimum absolute atomic E-state index is 0.114. The summed E-state index contributed by atoms with van der Waals surface area (Å²) in [5, 5.41) is 9.15. The number of nitriles is 1. The smallest absolute Gasteiger partial charge is 0.153 e. The lowest BCUT2D eigenvalue weighted by atomic mass is 9.72. The van der Waals surface area contributed by atoms with Gasteiger partial charge in [-0.05, 0) is 33.1 Å². The molecule has 0 radical (unpaired) electrons. The molecule has 1 aliphatic carbocycles. The van der Waals surface area contributed by atoms with E-state index < -0.39 is 5.41 Å². The van der Waals surface area contributed by atoms with Crippen molar-refractivity contribution in [1.82, 2.24) is 0 Å². The van der Waals surface area contributed by atoms with Crippen LogP contribution >= 0.6 is 0 Å². The van der Waals surface area contributed by atoms with Crippen LogP contribution in [0.5, 0.6) is 0 Å². The van der Waals surface area contributed by atoms with Gasteiger partial charge < -0.3 is 4.74 Å². The fourth-order valence-electron chi connectivity index (χ4n) is 2.00. The van der Waals surface area contributed by atoms with Gasteiger partial charge in [0, 0.05) is 13.0 Å². The fraction of sp³-hybridized carbons (Fsp3) is 0.833. The largest absolute Gasteiger partial charge is 0.379 e. The van der Waals surface area contributed by atoms with Gasteiger partial charge in [-0.3, -0.25) is 4.79 Å². The maximum atomic E-state index is 11.7. The third-order valence-electron chi connectivity index (χ3n) is 2.99. The van der Waals surface area contributed by atoms with Crippen molar-refractivity contribution in [2.45, 2.75) is 52.1 Å². The van der Waals surface area contributed by atoms with E-state index in [2.05, 4.69) is 6.07 Å². The molecule has 15 heavy (non-hydrogen) atoms. The lowest BCUT2D eigenvalue weighted by Crippen LogP contribution is -2.34. The van der Waals surface area contributed by atoms with E-state index in [9.17, 15) is 4.79 Å². The Morgan fingerprint density at radius 2 is 2.27 bits per heavy atom. The van der Waals surface area contributed by atoms with E-state index in [4.69, 9.17) is 10.00 Å². The first-order chi connectivity index (χ1) is 7.10. The monoisotopic (exact) mass is 209 g/mol. The topological polar surface area (TPSA) is 50.1 Å². The Hall–Kier alpha value is -0.880. The highest BCUT2D eigenvalue weighted by Crippen LogP contribution is 2.35. The number of hydrogen-bond donors (Lipinski definition) is 0. The standard InChI is InChI=1S/C12H19NO2/c1-10(2)15-8-7-12(9-13)6-4-3-5-11(12)14/h10H,3-8H2,1-2H3. The summed E-state index contributed by atoms with van der Waals surface area (Å²) in [7, 11) is 0. The molecule has 0 spiro atoms. The van der Waals surface area contributed by atoms with Crippen molar-refractivity contribution in [3.8, 4) is 6.07 Å². The fourth-order valence-corrected chi connectivity index (χ4v) is 2.00. The molecule has 1 rings (SSSR count). The van der Waals surface area contributed by atoms with Crippen molar-refractivity contribution in [3.63, 3.8) is 0 Å². The Bertz CT molecular complexity index is 267. The first kappa shape index (κ1) is 12.2. The number of carbonyl (C=O) groups excluding carboxylic acids is 1. The van der Waals surface area contributed by atoms with Crippen LogP contribution in [0.2, 0.25) is 0 Å². The average molecular weight is 209 g/mol. The molecule has 0 aromatic heterocycles. The molecule has 1 aliphatic rings. The van der Waals surface area contributed by atoms with Crippen molar-refractivity contribution in [2.75, 3.05) is 6.61 Å². The minimum atomic E-state index is -0.743. The molecule has 0 amide bonds. The molecule has 0 saturated heterocycles. The van der Waals surface area contributed by atoms with Gasteiger partial charge in [0.25, 0.3) is 0 Å². The van der Waals surface area contributed by atoms with Crippen molar-refractivity contribution in [2.24, 2.45) is 5.41 Å². The highest BCUT2D eigenvalue weighted by molar-refractivity contribution is 5.88. The number of nitrogens with zero attached hydrogens (tertiary/aromatic N) is 1. The van der Waals surface area contributed by atoms with Crippen LogP contribution in [0.1, 0.15) is 46.0 Å². The Kier molecular flexibility index (Phi) is 4.28. The summed E-state index contributed by atoms with van der Waals surface area (Å²) in [6, 6.07) is 2.21. The van der Waals surface area contributed by atoms with Gasteiger partial charge in [0.1, 0.15) is 5.41 Å². The summed E-state index contributed by atoms with van der Waals surface area (Å²) < 4.78 is 5.42. The van der Waals surface area contributed by atoms with Gasteiger partial charge in [-0.1, -0.05) is 6.42 Å². The summed E-state index contributed by atoms with van der Waals surface area (Å²) >= 11 is 0. The highest BCUT2D eigenvalue weighted by Gasteiger charge is 2.39. The number of ketones is 1. The molecule has 0 aromatic rings. The van der Waals surface area contributed by atoms with Crippen LogP contribution in [0, 0.1) is 16.7 Å². The number of rotatable bonds is 4. The van der Waals surface area contributed by atoms with E-state index in [0.717, 1.165) is 12.8 Å². The van der Waals surface area contributed by atoms with Crippen LogP contribution in [0.3, 0.4) is 0 Å². The molecule has 0 heterocycles. The van der Waals surface area contributed by atoms with E-state index >= 15 is 0 Å². The highest BCUT2D eigenvalue weighted by atomic mass is 16.5. The Morgan fingerprint density at radius 1 is 1.53 bits per heavy atom. The predicted molar refractivity (Wildman–Crippen MR) is 57.2 cm³/mol. The van der Waals surface area contributed by atoms with Crippen molar-refractivity contribution < 1.29 is 9.53 Å². The number of Topliss-reactive ketones (excluding diaryl/α,β-unsaturated/α-hetero) is 1. The first-order valence-electron chi connectivity index (χ1n) is 5.67. The van der Waals surface area contributed by atoms with Crippen molar-refractivity contribution >= 4 is 5.78 Å². The minimum Gasteiger partial charge on any atom is -0.379 e. The lowest BCUT2D eigenvalue weighted by Gasteiger charge is -2.29. The maximum absolute atomic E-state index is 11.7. The van der Waals surface area contributed by atoms with Crippen LogP contribution < -0.4 is 0 Å². The third kappa shape index (κ3) is 3.04. The quantitative estimate of drug-likeness (QED) is 0.714. The second-order valence-corrected chi connectivity index (χ2v) is 4.49. The first-order valence-corrected chi connectivity index (χ1v) is 5.67. The summed E-state index contributed by atoms with van der Waals surface area (Å²) in [4.78, 5) is 11.7. The molecule has 0 aliphatic heterocycles. The molecule has 0 N–H and O–H groups in total. The van der Waals surface area contributed by atoms with Crippen LogP contribution in [-0.4, -0.2) is 18.5 Å². The van der Waals surface area contributed by atoms with Gasteiger partial charge in [-0.25, -0.2) is 0 Å². The van der Waals surface area contributed by atoms with E-state index in [0.29, 0.717) is 25.9 Å². The molecule has 0 aromatic carbocycles. The lowest BCUT2D eigenvalue weighted by molar-refractivity contribution is -0.129. The van der Waals surface area contributed by atoms with E-state index in [-0.39, 0.29) is 11.9 Å². The zero-order valence-electron chi connectivity index (χ0n) is 9.58. The molecule has 0 bridgehead atoms. The number of ether oxygens (including phenoxy) is 1. The van der Waals surface area contributed by atoms with E-state index in [1.807, 2.05) is 13.8 Å². The normalized spacial score (nSPS) is 26.7. The van der Waals surface area contributed by atoms with Crippen molar-refractivity contribution in [1.29, 1.82) is 5.26 Å². The van der Waals surface area contributed by atoms with Crippen LogP contribution in [0.25, 0.3) is 0 Å². The number of carbonyl (C=O) groups is 1. The molecule has 1 unspecified atom stereocenters. The molecule has 1 atom stereocenters. The zero-order chi connectivity index (χ0) is 11.3. The van der Waals surface area contributed by atoms with Gasteiger partial charge in [0.2, 0.25) is 0 Å². The van der Waals surface area contributed by atoms with Gasteiger partial charge in [0.15, 0.2) is 5.78 Å². The summed E-state index contributed by atoms with van der Waals surface area (Å²) in [5.74, 6) is 0.114. The Morgan fingerprint density at radius 3 is 2.80 bits per heavy atom. The van der Waals surface area contributed by atoms with Crippen molar-refractivity contribution in [3.05, 3.63) is 0 Å². The SMILES string of the molecule is CC(C)OCCC1(C#N)CCCCC1=O. The van der Waals surface area contributed by atoms with E-state index in [1.165, 1.54) is 0 Å². The second-order valence-electron chi connectivity index (χ2n) is 4.49. The zero-order valence-corrected chi connectivity index (χ0v) is 9.58. The van der Waals surface area contributed by atoms with Gasteiger partial charge in [0.05, 0.1) is 12.2 Å². The Balaban J connectivity index is 2.52. The summed E-state index contributed by atoms with van der Waals surface area (Å²) in [6.45, 7) is 4.43. The Labute approximate surface area is 91.4 Å². The summed E-state index contributed by atoms with van der Waals surface area (Å²) in [5.41, 5.74) is -0.743. The van der Waals surface area contributed by atoms with Gasteiger partial charge >= 0.3 is 0 Å². The van der Waals surface area contributed by atoms with Crippen LogP contribution in [0.4, 0.5) is 0 Å². The summed E-state index contributed by atoms with van der Waals surface area (Å²) in [6.07, 6.45) is 3.92. The molecular weight excluding hydrogens is 190 g/mol.